The van der Waals surface area contributed by atoms with E-state index in [1.807, 2.05) is 12.3 Å². The summed E-state index contributed by atoms with van der Waals surface area (Å²) < 4.78 is 5.11. The number of carboxylic acids is 1. The third kappa shape index (κ3) is 4.85. The highest BCUT2D eigenvalue weighted by molar-refractivity contribution is 7.12. The number of ether oxygens (including phenoxy) is 1. The molecular formula is C14H21NO4S. The van der Waals surface area contributed by atoms with Gasteiger partial charge in [0.15, 0.2) is 0 Å². The lowest BCUT2D eigenvalue weighted by Crippen LogP contribution is -2.32. The van der Waals surface area contributed by atoms with Gasteiger partial charge in [-0.15, -0.1) is 11.3 Å². The number of hydrogen-bond donors (Lipinski definition) is 2. The predicted molar refractivity (Wildman–Crippen MR) is 78.5 cm³/mol. The summed E-state index contributed by atoms with van der Waals surface area (Å²) in [5.41, 5.74) is 0. The molecule has 20 heavy (non-hydrogen) atoms. The van der Waals surface area contributed by atoms with Crippen LogP contribution in [0.1, 0.15) is 42.8 Å². The second-order valence-electron chi connectivity index (χ2n) is 4.86. The number of carbonyl (C=O) groups is 2. The van der Waals surface area contributed by atoms with Gasteiger partial charge in [0.05, 0.1) is 13.0 Å². The zero-order valence-corrected chi connectivity index (χ0v) is 12.8. The Morgan fingerprint density at radius 2 is 2.10 bits per heavy atom. The number of hydrogen-bond acceptors (Lipinski definition) is 4. The largest absolute Gasteiger partial charge is 0.495 e. The number of amides is 1. The minimum atomic E-state index is -0.773. The maximum absolute atomic E-state index is 12.0. The van der Waals surface area contributed by atoms with Crippen molar-refractivity contribution < 1.29 is 19.4 Å². The topological polar surface area (TPSA) is 75.6 Å². The molecule has 0 aliphatic heterocycles. The summed E-state index contributed by atoms with van der Waals surface area (Å²) in [7, 11) is 1.54. The quantitative estimate of drug-likeness (QED) is 0.774. The molecule has 112 valence electrons. The van der Waals surface area contributed by atoms with Crippen LogP contribution in [-0.2, 0) is 4.79 Å². The number of thiophene rings is 1. The van der Waals surface area contributed by atoms with Crippen molar-refractivity contribution in [2.45, 2.75) is 39.2 Å². The minimum Gasteiger partial charge on any atom is -0.495 e. The SMILES string of the molecule is COc1ccsc1C(=O)NC(C)CCCC(C)C(=O)O. The van der Waals surface area contributed by atoms with E-state index in [4.69, 9.17) is 9.84 Å². The first-order chi connectivity index (χ1) is 9.45. The Hall–Kier alpha value is -1.56. The summed E-state index contributed by atoms with van der Waals surface area (Å²) in [6.45, 7) is 3.62. The molecule has 1 aromatic rings. The first-order valence-electron chi connectivity index (χ1n) is 6.60. The highest BCUT2D eigenvalue weighted by atomic mass is 32.1. The molecule has 0 aliphatic carbocycles. The summed E-state index contributed by atoms with van der Waals surface area (Å²) >= 11 is 1.34. The monoisotopic (exact) mass is 299 g/mol. The second kappa shape index (κ2) is 7.89. The zero-order valence-electron chi connectivity index (χ0n) is 12.0. The summed E-state index contributed by atoms with van der Waals surface area (Å²) in [6, 6.07) is 1.77. The molecule has 6 heteroatoms. The number of rotatable bonds is 8. The van der Waals surface area contributed by atoms with Gasteiger partial charge in [0.1, 0.15) is 10.6 Å². The standard InChI is InChI=1S/C14H21NO4S/c1-9(14(17)18)5-4-6-10(2)15-13(16)12-11(19-3)7-8-20-12/h7-10H,4-6H2,1-3H3,(H,15,16)(H,17,18). The van der Waals surface area contributed by atoms with Crippen LogP contribution in [0.5, 0.6) is 5.75 Å². The van der Waals surface area contributed by atoms with Crippen LogP contribution in [-0.4, -0.2) is 30.1 Å². The molecule has 0 saturated carbocycles. The van der Waals surface area contributed by atoms with Gasteiger partial charge in [0.25, 0.3) is 5.91 Å². The third-order valence-electron chi connectivity index (χ3n) is 3.13. The van der Waals surface area contributed by atoms with Crippen molar-refractivity contribution in [1.82, 2.24) is 5.32 Å². The summed E-state index contributed by atoms with van der Waals surface area (Å²) in [6.07, 6.45) is 2.16. The molecule has 2 N–H and O–H groups in total. The van der Waals surface area contributed by atoms with Gasteiger partial charge in [-0.25, -0.2) is 0 Å². The van der Waals surface area contributed by atoms with Gasteiger partial charge in [0.2, 0.25) is 0 Å². The van der Waals surface area contributed by atoms with Gasteiger partial charge in [0, 0.05) is 6.04 Å². The Morgan fingerprint density at radius 3 is 2.70 bits per heavy atom. The van der Waals surface area contributed by atoms with E-state index in [1.165, 1.54) is 18.4 Å². The molecule has 0 fully saturated rings. The molecule has 5 nitrogen and oxygen atoms in total. The fraction of sp³-hybridized carbons (Fsp3) is 0.571. The van der Waals surface area contributed by atoms with E-state index in [0.717, 1.165) is 12.8 Å². The molecule has 0 spiro atoms. The lowest BCUT2D eigenvalue weighted by atomic mass is 10.0. The van der Waals surface area contributed by atoms with Crippen LogP contribution >= 0.6 is 11.3 Å². The maximum Gasteiger partial charge on any atom is 0.306 e. The molecule has 0 radical (unpaired) electrons. The predicted octanol–water partition coefficient (Wildman–Crippen LogP) is 2.77. The molecule has 1 heterocycles. The van der Waals surface area contributed by atoms with E-state index >= 15 is 0 Å². The van der Waals surface area contributed by atoms with E-state index in [0.29, 0.717) is 17.0 Å². The highest BCUT2D eigenvalue weighted by Gasteiger charge is 2.16. The minimum absolute atomic E-state index is 0.00954. The molecule has 0 saturated heterocycles. The van der Waals surface area contributed by atoms with Crippen LogP contribution in [0.2, 0.25) is 0 Å². The molecule has 0 aromatic carbocycles. The van der Waals surface area contributed by atoms with Crippen molar-refractivity contribution in [3.05, 3.63) is 16.3 Å². The Labute approximate surface area is 123 Å². The van der Waals surface area contributed by atoms with Crippen LogP contribution in [0.3, 0.4) is 0 Å². The number of aliphatic carboxylic acids is 1. The molecule has 2 unspecified atom stereocenters. The summed E-state index contributed by atoms with van der Waals surface area (Å²) in [5.74, 6) is -0.671. The molecule has 2 atom stereocenters. The Morgan fingerprint density at radius 1 is 1.40 bits per heavy atom. The molecule has 1 rings (SSSR count). The van der Waals surface area contributed by atoms with E-state index in [1.54, 1.807) is 13.0 Å². The van der Waals surface area contributed by atoms with Crippen molar-refractivity contribution in [2.75, 3.05) is 7.11 Å². The van der Waals surface area contributed by atoms with Crippen LogP contribution in [0.4, 0.5) is 0 Å². The van der Waals surface area contributed by atoms with Crippen molar-refractivity contribution in [2.24, 2.45) is 5.92 Å². The Balaban J connectivity index is 2.37. The van der Waals surface area contributed by atoms with Crippen molar-refractivity contribution in [3.8, 4) is 5.75 Å². The van der Waals surface area contributed by atoms with Gasteiger partial charge in [-0.2, -0.15) is 0 Å². The zero-order chi connectivity index (χ0) is 15.1. The van der Waals surface area contributed by atoms with E-state index in [-0.39, 0.29) is 17.9 Å². The second-order valence-corrected chi connectivity index (χ2v) is 5.78. The van der Waals surface area contributed by atoms with Gasteiger partial charge in [-0.05, 0) is 31.2 Å². The van der Waals surface area contributed by atoms with Crippen LogP contribution < -0.4 is 10.1 Å². The van der Waals surface area contributed by atoms with Gasteiger partial charge < -0.3 is 15.2 Å². The molecule has 1 aromatic heterocycles. The normalized spacial score (nSPS) is 13.6. The molecule has 0 aliphatic rings. The van der Waals surface area contributed by atoms with Gasteiger partial charge in [-0.3, -0.25) is 9.59 Å². The van der Waals surface area contributed by atoms with Crippen LogP contribution in [0, 0.1) is 5.92 Å². The van der Waals surface area contributed by atoms with Crippen molar-refractivity contribution in [3.63, 3.8) is 0 Å². The van der Waals surface area contributed by atoms with Crippen LogP contribution in [0.15, 0.2) is 11.4 Å². The van der Waals surface area contributed by atoms with E-state index < -0.39 is 5.97 Å². The number of nitrogens with one attached hydrogen (secondary N) is 1. The van der Waals surface area contributed by atoms with E-state index in [2.05, 4.69) is 5.32 Å². The Bertz CT molecular complexity index is 458. The first kappa shape index (κ1) is 16.5. The van der Waals surface area contributed by atoms with Gasteiger partial charge in [-0.1, -0.05) is 13.3 Å². The lowest BCUT2D eigenvalue weighted by Gasteiger charge is -2.14. The van der Waals surface area contributed by atoms with E-state index in [9.17, 15) is 9.59 Å². The highest BCUT2D eigenvalue weighted by Crippen LogP contribution is 2.24. The number of carbonyl (C=O) groups excluding carboxylic acids is 1. The lowest BCUT2D eigenvalue weighted by molar-refractivity contribution is -0.141. The molecule has 1 amide bonds. The van der Waals surface area contributed by atoms with Crippen LogP contribution in [0.25, 0.3) is 0 Å². The first-order valence-corrected chi connectivity index (χ1v) is 7.48. The van der Waals surface area contributed by atoms with Gasteiger partial charge >= 0.3 is 5.97 Å². The number of carboxylic acid groups (broad SMARTS) is 1. The Kier molecular flexibility index (Phi) is 6.51. The maximum atomic E-state index is 12.0. The average Bonchev–Trinajstić information content (AvgIpc) is 2.86. The fourth-order valence-electron chi connectivity index (χ4n) is 1.84. The van der Waals surface area contributed by atoms with Crippen molar-refractivity contribution >= 4 is 23.2 Å². The average molecular weight is 299 g/mol. The third-order valence-corrected chi connectivity index (χ3v) is 4.02. The molecule has 0 bridgehead atoms. The smallest absolute Gasteiger partial charge is 0.306 e. The summed E-state index contributed by atoms with van der Waals surface area (Å²) in [5, 5.41) is 13.5. The fourth-order valence-corrected chi connectivity index (χ4v) is 2.60. The molecular weight excluding hydrogens is 278 g/mol. The summed E-state index contributed by atoms with van der Waals surface area (Å²) in [4.78, 5) is 23.3. The number of methoxy groups -OCH3 is 1. The van der Waals surface area contributed by atoms with Crippen molar-refractivity contribution in [1.29, 1.82) is 0 Å².